The standard InChI is InChI=1S/C23H25N5O/c1-15(2)16-4-7-21(8-5-16)28-14-18-11-19(6-9-22(18)27-28)26-23(29)17-10-20(24-3)13-25-12-17/h6,9-16,21H,4-5,7-8H2,1-2H3,(H,26,29). The lowest BCUT2D eigenvalue weighted by molar-refractivity contribution is 0.102. The fourth-order valence-corrected chi connectivity index (χ4v) is 4.16. The van der Waals surface area contributed by atoms with Gasteiger partial charge in [0.05, 0.1) is 18.1 Å². The van der Waals surface area contributed by atoms with Crippen molar-refractivity contribution < 1.29 is 4.79 Å². The van der Waals surface area contributed by atoms with Crippen molar-refractivity contribution in [1.29, 1.82) is 0 Å². The summed E-state index contributed by atoms with van der Waals surface area (Å²) in [5, 5.41) is 8.67. The molecule has 3 aromatic rings. The van der Waals surface area contributed by atoms with E-state index in [-0.39, 0.29) is 5.91 Å². The molecule has 0 bridgehead atoms. The quantitative estimate of drug-likeness (QED) is 0.591. The zero-order valence-electron chi connectivity index (χ0n) is 16.8. The van der Waals surface area contributed by atoms with Gasteiger partial charge in [-0.15, -0.1) is 0 Å². The van der Waals surface area contributed by atoms with Crippen LogP contribution < -0.4 is 5.32 Å². The summed E-state index contributed by atoms with van der Waals surface area (Å²) in [4.78, 5) is 19.8. The monoisotopic (exact) mass is 387 g/mol. The van der Waals surface area contributed by atoms with E-state index in [1.54, 1.807) is 6.07 Å². The fourth-order valence-electron chi connectivity index (χ4n) is 4.16. The van der Waals surface area contributed by atoms with Crippen LogP contribution in [0.1, 0.15) is 55.9 Å². The van der Waals surface area contributed by atoms with Crippen molar-refractivity contribution >= 4 is 28.2 Å². The summed E-state index contributed by atoms with van der Waals surface area (Å²) < 4.78 is 2.11. The number of aromatic nitrogens is 3. The van der Waals surface area contributed by atoms with Crippen LogP contribution in [0.25, 0.3) is 15.7 Å². The molecule has 1 amide bonds. The first-order valence-electron chi connectivity index (χ1n) is 10.2. The van der Waals surface area contributed by atoms with E-state index in [9.17, 15) is 4.79 Å². The Labute approximate surface area is 170 Å². The smallest absolute Gasteiger partial charge is 0.255 e. The summed E-state index contributed by atoms with van der Waals surface area (Å²) in [5.41, 5.74) is 2.36. The van der Waals surface area contributed by atoms with Gasteiger partial charge in [0.25, 0.3) is 5.91 Å². The van der Waals surface area contributed by atoms with E-state index >= 15 is 0 Å². The molecule has 0 aliphatic heterocycles. The number of amides is 1. The number of hydrogen-bond acceptors (Lipinski definition) is 3. The first kappa shape index (κ1) is 19.1. The molecule has 29 heavy (non-hydrogen) atoms. The fraction of sp³-hybridized carbons (Fsp3) is 0.391. The Balaban J connectivity index is 1.48. The first-order valence-corrected chi connectivity index (χ1v) is 10.2. The van der Waals surface area contributed by atoms with Crippen molar-refractivity contribution in [3.63, 3.8) is 0 Å². The highest BCUT2D eigenvalue weighted by Crippen LogP contribution is 2.36. The molecule has 2 aromatic heterocycles. The van der Waals surface area contributed by atoms with Gasteiger partial charge < -0.3 is 5.32 Å². The lowest BCUT2D eigenvalue weighted by atomic mass is 9.80. The van der Waals surface area contributed by atoms with Crippen molar-refractivity contribution in [3.8, 4) is 0 Å². The molecule has 1 N–H and O–H groups in total. The molecule has 0 spiro atoms. The molecule has 148 valence electrons. The highest BCUT2D eigenvalue weighted by molar-refractivity contribution is 6.05. The Bertz CT molecular complexity index is 1070. The van der Waals surface area contributed by atoms with Gasteiger partial charge >= 0.3 is 0 Å². The topological polar surface area (TPSA) is 64.2 Å². The molecule has 1 aliphatic rings. The third-order valence-electron chi connectivity index (χ3n) is 5.95. The molecule has 2 heterocycles. The van der Waals surface area contributed by atoms with Crippen LogP contribution >= 0.6 is 0 Å². The molecule has 0 unspecified atom stereocenters. The Morgan fingerprint density at radius 3 is 2.72 bits per heavy atom. The van der Waals surface area contributed by atoms with Crippen LogP contribution in [-0.2, 0) is 0 Å². The minimum atomic E-state index is -0.276. The predicted octanol–water partition coefficient (Wildman–Crippen LogP) is 5.62. The zero-order valence-corrected chi connectivity index (χ0v) is 16.8. The van der Waals surface area contributed by atoms with Crippen molar-refractivity contribution in [1.82, 2.24) is 14.8 Å². The molecule has 1 fully saturated rings. The predicted molar refractivity (Wildman–Crippen MR) is 114 cm³/mol. The summed E-state index contributed by atoms with van der Waals surface area (Å²) in [6.45, 7) is 11.7. The van der Waals surface area contributed by atoms with E-state index in [1.165, 1.54) is 38.1 Å². The molecule has 1 saturated carbocycles. The van der Waals surface area contributed by atoms with Gasteiger partial charge in [-0.2, -0.15) is 5.10 Å². The number of benzene rings is 1. The number of fused-ring (bicyclic) bond motifs is 1. The SMILES string of the molecule is [C-]#[N+]c1cncc(C(=O)Nc2ccc3nn(C4CCC(C(C)C)CC4)cc3c2)c1. The third kappa shape index (κ3) is 4.14. The third-order valence-corrected chi connectivity index (χ3v) is 5.95. The number of hydrogen-bond donors (Lipinski definition) is 1. The molecule has 6 heteroatoms. The highest BCUT2D eigenvalue weighted by atomic mass is 16.1. The normalized spacial score (nSPS) is 19.2. The van der Waals surface area contributed by atoms with Gasteiger partial charge in [0, 0.05) is 35.2 Å². The largest absolute Gasteiger partial charge is 0.322 e. The maximum atomic E-state index is 12.5. The van der Waals surface area contributed by atoms with E-state index in [0.29, 0.717) is 23.0 Å². The molecule has 1 aliphatic carbocycles. The summed E-state index contributed by atoms with van der Waals surface area (Å²) in [6.07, 6.45) is 9.87. The number of carbonyl (C=O) groups excluding carboxylic acids is 1. The Morgan fingerprint density at radius 1 is 1.21 bits per heavy atom. The molecule has 6 nitrogen and oxygen atoms in total. The number of nitrogens with zero attached hydrogens (tertiary/aromatic N) is 4. The summed E-state index contributed by atoms with van der Waals surface area (Å²) in [6, 6.07) is 7.74. The number of nitrogens with one attached hydrogen (secondary N) is 1. The maximum Gasteiger partial charge on any atom is 0.255 e. The highest BCUT2D eigenvalue weighted by Gasteiger charge is 2.24. The van der Waals surface area contributed by atoms with Crippen molar-refractivity contribution in [2.75, 3.05) is 5.32 Å². The zero-order chi connectivity index (χ0) is 20.4. The lowest BCUT2D eigenvalue weighted by Crippen LogP contribution is -2.21. The number of pyridine rings is 1. The second-order valence-electron chi connectivity index (χ2n) is 8.19. The van der Waals surface area contributed by atoms with Gasteiger partial charge in [-0.05, 0) is 61.8 Å². The molecular weight excluding hydrogens is 362 g/mol. The average Bonchev–Trinajstić information content (AvgIpc) is 3.17. The average molecular weight is 387 g/mol. The minimum Gasteiger partial charge on any atom is -0.322 e. The molecule has 0 radical (unpaired) electrons. The molecule has 4 rings (SSSR count). The first-order chi connectivity index (χ1) is 14.0. The van der Waals surface area contributed by atoms with Crippen LogP contribution in [0.3, 0.4) is 0 Å². The van der Waals surface area contributed by atoms with E-state index in [1.807, 2.05) is 18.2 Å². The Morgan fingerprint density at radius 2 is 2.00 bits per heavy atom. The molecule has 0 atom stereocenters. The van der Waals surface area contributed by atoms with Crippen LogP contribution in [0.4, 0.5) is 11.4 Å². The number of anilines is 1. The van der Waals surface area contributed by atoms with Crippen LogP contribution in [0.5, 0.6) is 0 Å². The Hall–Kier alpha value is -3.20. The molecular formula is C23H25N5O. The number of rotatable bonds is 4. The van der Waals surface area contributed by atoms with Crippen molar-refractivity contribution in [2.24, 2.45) is 11.8 Å². The second kappa shape index (κ2) is 8.04. The molecule has 1 aromatic carbocycles. The van der Waals surface area contributed by atoms with Crippen molar-refractivity contribution in [3.05, 3.63) is 59.8 Å². The van der Waals surface area contributed by atoms with Crippen molar-refractivity contribution in [2.45, 2.75) is 45.6 Å². The van der Waals surface area contributed by atoms with Gasteiger partial charge in [0.1, 0.15) is 0 Å². The molecule has 0 saturated heterocycles. The minimum absolute atomic E-state index is 0.276. The van der Waals surface area contributed by atoms with E-state index < -0.39 is 0 Å². The van der Waals surface area contributed by atoms with Crippen LogP contribution in [0.15, 0.2) is 42.9 Å². The number of carbonyl (C=O) groups is 1. The summed E-state index contributed by atoms with van der Waals surface area (Å²) in [5.74, 6) is 1.31. The van der Waals surface area contributed by atoms with E-state index in [0.717, 1.165) is 22.7 Å². The van der Waals surface area contributed by atoms with Gasteiger partial charge in [-0.1, -0.05) is 13.8 Å². The second-order valence-corrected chi connectivity index (χ2v) is 8.19. The van der Waals surface area contributed by atoms with Crippen LogP contribution in [-0.4, -0.2) is 20.7 Å². The van der Waals surface area contributed by atoms with Gasteiger partial charge in [0.2, 0.25) is 5.69 Å². The summed E-state index contributed by atoms with van der Waals surface area (Å²) in [7, 11) is 0. The van der Waals surface area contributed by atoms with Gasteiger partial charge in [-0.3, -0.25) is 14.5 Å². The van der Waals surface area contributed by atoms with Gasteiger partial charge in [-0.25, -0.2) is 4.85 Å². The van der Waals surface area contributed by atoms with E-state index in [4.69, 9.17) is 11.7 Å². The summed E-state index contributed by atoms with van der Waals surface area (Å²) >= 11 is 0. The van der Waals surface area contributed by atoms with Crippen LogP contribution in [0.2, 0.25) is 0 Å². The van der Waals surface area contributed by atoms with Gasteiger partial charge in [0.15, 0.2) is 0 Å². The van der Waals surface area contributed by atoms with Crippen LogP contribution in [0, 0.1) is 18.4 Å². The van der Waals surface area contributed by atoms with E-state index in [2.05, 4.69) is 39.9 Å². The Kier molecular flexibility index (Phi) is 5.30. The maximum absolute atomic E-state index is 12.5. The lowest BCUT2D eigenvalue weighted by Gasteiger charge is -2.30.